The van der Waals surface area contributed by atoms with E-state index in [1.807, 2.05) is 13.8 Å². The molecule has 0 heterocycles. The highest BCUT2D eigenvalue weighted by atomic mass is 14.1. The number of aryl methyl sites for hydroxylation is 2. The maximum Gasteiger partial charge on any atom is 0.0247 e. The van der Waals surface area contributed by atoms with E-state index in [2.05, 4.69) is 104 Å². The zero-order valence-electron chi connectivity index (χ0n) is 19.0. The molecule has 0 nitrogen and oxygen atoms in total. The molecule has 31 heavy (non-hydrogen) atoms. The van der Waals surface area contributed by atoms with Crippen LogP contribution >= 0.6 is 0 Å². The molecule has 0 spiro atoms. The van der Waals surface area contributed by atoms with Gasteiger partial charge in [0.1, 0.15) is 0 Å². The molecular formula is C31H32. The Morgan fingerprint density at radius 2 is 1.74 bits per heavy atom. The van der Waals surface area contributed by atoms with E-state index in [0.717, 1.165) is 36.8 Å². The van der Waals surface area contributed by atoms with Gasteiger partial charge in [-0.05, 0) is 92.0 Å². The number of hydrogen-bond donors (Lipinski definition) is 0. The Balaban J connectivity index is 1.57. The van der Waals surface area contributed by atoms with Crippen molar-refractivity contribution in [1.82, 2.24) is 0 Å². The van der Waals surface area contributed by atoms with Gasteiger partial charge in [-0.3, -0.25) is 0 Å². The first-order valence-corrected chi connectivity index (χ1v) is 11.1. The SMILES string of the molecule is C=C(C)/C=C\C(=C/C)C1=CC(Cc2ccc(CCc3cccc(C#CC)c3)cc2)=CC1. The van der Waals surface area contributed by atoms with Gasteiger partial charge in [-0.25, -0.2) is 0 Å². The lowest BCUT2D eigenvalue weighted by atomic mass is 9.99. The lowest BCUT2D eigenvalue weighted by Gasteiger charge is -2.06. The third-order valence-electron chi connectivity index (χ3n) is 5.50. The third kappa shape index (κ3) is 6.87. The summed E-state index contributed by atoms with van der Waals surface area (Å²) in [5.74, 6) is 6.12. The first kappa shape index (κ1) is 22.4. The molecule has 0 saturated carbocycles. The molecule has 0 atom stereocenters. The van der Waals surface area contributed by atoms with Crippen molar-refractivity contribution in [1.29, 1.82) is 0 Å². The second-order valence-electron chi connectivity index (χ2n) is 8.15. The predicted octanol–water partition coefficient (Wildman–Crippen LogP) is 7.72. The van der Waals surface area contributed by atoms with Crippen LogP contribution < -0.4 is 0 Å². The van der Waals surface area contributed by atoms with Crippen LogP contribution in [0.2, 0.25) is 0 Å². The maximum atomic E-state index is 3.96. The standard InChI is InChI=1S/C31H32/c1-5-8-26-9-7-10-27(21-26)15-12-25-13-16-28(17-14-25)22-29-18-20-31(23-29)30(6-2)19-11-24(3)4/h6-7,9-11,13-14,16-19,21,23H,3,12,15,20,22H2,1-2,4H3/b19-11-,30-6+. The molecule has 2 aromatic rings. The van der Waals surface area contributed by atoms with Crippen LogP contribution in [0, 0.1) is 11.8 Å². The van der Waals surface area contributed by atoms with Crippen molar-refractivity contribution in [3.63, 3.8) is 0 Å². The normalized spacial score (nSPS) is 13.6. The molecule has 0 amide bonds. The van der Waals surface area contributed by atoms with Crippen molar-refractivity contribution >= 4 is 0 Å². The van der Waals surface area contributed by atoms with Crippen LogP contribution in [-0.2, 0) is 19.3 Å². The first-order chi connectivity index (χ1) is 15.1. The molecule has 0 N–H and O–H groups in total. The van der Waals surface area contributed by atoms with Crippen molar-refractivity contribution < 1.29 is 0 Å². The molecule has 3 rings (SSSR count). The average molecular weight is 405 g/mol. The second-order valence-corrected chi connectivity index (χ2v) is 8.15. The van der Waals surface area contributed by atoms with Gasteiger partial charge in [0.15, 0.2) is 0 Å². The summed E-state index contributed by atoms with van der Waals surface area (Å²) in [4.78, 5) is 0. The van der Waals surface area contributed by atoms with E-state index in [9.17, 15) is 0 Å². The van der Waals surface area contributed by atoms with Crippen LogP contribution in [-0.4, -0.2) is 0 Å². The average Bonchev–Trinajstić information content (AvgIpc) is 3.22. The zero-order valence-corrected chi connectivity index (χ0v) is 19.0. The monoisotopic (exact) mass is 404 g/mol. The summed E-state index contributed by atoms with van der Waals surface area (Å²) >= 11 is 0. The molecule has 1 aliphatic rings. The number of rotatable bonds is 8. The lowest BCUT2D eigenvalue weighted by molar-refractivity contribution is 0.957. The summed E-state index contributed by atoms with van der Waals surface area (Å²) in [6.45, 7) is 9.96. The van der Waals surface area contributed by atoms with E-state index in [1.165, 1.54) is 33.4 Å². The van der Waals surface area contributed by atoms with E-state index in [0.29, 0.717) is 0 Å². The summed E-state index contributed by atoms with van der Waals surface area (Å²) in [5.41, 5.74) is 10.4. The highest BCUT2D eigenvalue weighted by Gasteiger charge is 2.10. The summed E-state index contributed by atoms with van der Waals surface area (Å²) in [6.07, 6.45) is 15.2. The van der Waals surface area contributed by atoms with Gasteiger partial charge in [-0.1, -0.05) is 84.9 Å². The molecule has 0 aliphatic heterocycles. The summed E-state index contributed by atoms with van der Waals surface area (Å²) in [5, 5.41) is 0. The van der Waals surface area contributed by atoms with Gasteiger partial charge in [0, 0.05) is 5.56 Å². The largest absolute Gasteiger partial charge is 0.101 e. The third-order valence-corrected chi connectivity index (χ3v) is 5.50. The Hall–Kier alpha value is -3.30. The van der Waals surface area contributed by atoms with Crippen LogP contribution in [0.5, 0.6) is 0 Å². The summed E-state index contributed by atoms with van der Waals surface area (Å²) in [7, 11) is 0. The molecule has 0 unspecified atom stereocenters. The van der Waals surface area contributed by atoms with Gasteiger partial charge >= 0.3 is 0 Å². The summed E-state index contributed by atoms with van der Waals surface area (Å²) < 4.78 is 0. The number of benzene rings is 2. The van der Waals surface area contributed by atoms with Crippen LogP contribution in [0.4, 0.5) is 0 Å². The van der Waals surface area contributed by atoms with Gasteiger partial charge in [0.25, 0.3) is 0 Å². The van der Waals surface area contributed by atoms with E-state index in [4.69, 9.17) is 0 Å². The van der Waals surface area contributed by atoms with Crippen molar-refractivity contribution in [2.24, 2.45) is 0 Å². The smallest absolute Gasteiger partial charge is 0.0247 e. The Kier molecular flexibility index (Phi) is 8.08. The number of allylic oxidation sites excluding steroid dienone is 9. The fourth-order valence-electron chi connectivity index (χ4n) is 3.82. The van der Waals surface area contributed by atoms with Gasteiger partial charge < -0.3 is 0 Å². The van der Waals surface area contributed by atoms with Crippen molar-refractivity contribution in [2.45, 2.75) is 46.5 Å². The maximum absolute atomic E-state index is 3.96. The molecule has 1 aliphatic carbocycles. The Morgan fingerprint density at radius 1 is 1.00 bits per heavy atom. The molecule has 0 bridgehead atoms. The lowest BCUT2D eigenvalue weighted by Crippen LogP contribution is -1.93. The van der Waals surface area contributed by atoms with Crippen molar-refractivity contribution in [3.05, 3.63) is 130 Å². The van der Waals surface area contributed by atoms with Crippen LogP contribution in [0.25, 0.3) is 0 Å². The Morgan fingerprint density at radius 3 is 2.45 bits per heavy atom. The van der Waals surface area contributed by atoms with Crippen molar-refractivity contribution in [3.8, 4) is 11.8 Å². The molecular weight excluding hydrogens is 372 g/mol. The van der Waals surface area contributed by atoms with Gasteiger partial charge in [-0.2, -0.15) is 0 Å². The molecule has 0 aromatic heterocycles. The minimum absolute atomic E-state index is 0.989. The van der Waals surface area contributed by atoms with Gasteiger partial charge in [-0.15, -0.1) is 5.92 Å². The van der Waals surface area contributed by atoms with Crippen LogP contribution in [0.1, 0.15) is 49.4 Å². The first-order valence-electron chi connectivity index (χ1n) is 11.1. The Bertz CT molecular complexity index is 1100. The van der Waals surface area contributed by atoms with Crippen LogP contribution in [0.3, 0.4) is 0 Å². The molecule has 2 aromatic carbocycles. The van der Waals surface area contributed by atoms with E-state index in [-0.39, 0.29) is 0 Å². The molecule has 0 saturated heterocycles. The van der Waals surface area contributed by atoms with Crippen LogP contribution in [0.15, 0.2) is 108 Å². The molecule has 0 radical (unpaired) electrons. The number of hydrogen-bond acceptors (Lipinski definition) is 0. The molecule has 0 heteroatoms. The van der Waals surface area contributed by atoms with Crippen molar-refractivity contribution in [2.75, 3.05) is 0 Å². The zero-order chi connectivity index (χ0) is 22.1. The molecule has 0 fully saturated rings. The fraction of sp³-hybridized carbons (Fsp3) is 0.226. The Labute approximate surface area is 188 Å². The predicted molar refractivity (Wildman–Crippen MR) is 135 cm³/mol. The van der Waals surface area contributed by atoms with E-state index in [1.54, 1.807) is 0 Å². The van der Waals surface area contributed by atoms with E-state index >= 15 is 0 Å². The van der Waals surface area contributed by atoms with Gasteiger partial charge in [0.2, 0.25) is 0 Å². The summed E-state index contributed by atoms with van der Waals surface area (Å²) in [6, 6.07) is 17.7. The highest BCUT2D eigenvalue weighted by molar-refractivity contribution is 5.50. The highest BCUT2D eigenvalue weighted by Crippen LogP contribution is 2.27. The minimum Gasteiger partial charge on any atom is -0.101 e. The van der Waals surface area contributed by atoms with Gasteiger partial charge in [0.05, 0.1) is 0 Å². The minimum atomic E-state index is 0.989. The molecule has 156 valence electrons. The fourth-order valence-corrected chi connectivity index (χ4v) is 3.82. The second kappa shape index (κ2) is 11.2. The van der Waals surface area contributed by atoms with E-state index < -0.39 is 0 Å². The quantitative estimate of drug-likeness (QED) is 0.312. The topological polar surface area (TPSA) is 0 Å².